The average molecular weight is 242 g/mol. The number of carbonyl (C=O) groups is 1. The van der Waals surface area contributed by atoms with Crippen molar-refractivity contribution >= 4 is 5.91 Å². The molecule has 1 aliphatic carbocycles. The summed E-state index contributed by atoms with van der Waals surface area (Å²) in [4.78, 5) is 13.6. The standard InChI is InChI=1S/C13H26N2O2/c1-4-13(5-2,10-16)9-14-8-12(17)15(3)11-6-7-11/h11,14,16H,4-10H2,1-3H3. The zero-order valence-corrected chi connectivity index (χ0v) is 11.3. The third-order valence-corrected chi connectivity index (χ3v) is 4.10. The van der Waals surface area contributed by atoms with Gasteiger partial charge in [-0.25, -0.2) is 0 Å². The molecule has 0 atom stereocenters. The molecule has 1 fully saturated rings. The van der Waals surface area contributed by atoms with E-state index in [1.54, 1.807) is 0 Å². The van der Waals surface area contributed by atoms with E-state index in [1.807, 2.05) is 11.9 Å². The van der Waals surface area contributed by atoms with Crippen LogP contribution < -0.4 is 5.32 Å². The molecule has 0 radical (unpaired) electrons. The summed E-state index contributed by atoms with van der Waals surface area (Å²) in [7, 11) is 1.88. The first kappa shape index (κ1) is 14.5. The van der Waals surface area contributed by atoms with Gasteiger partial charge in [-0.15, -0.1) is 0 Å². The lowest BCUT2D eigenvalue weighted by atomic mass is 9.83. The van der Waals surface area contributed by atoms with Gasteiger partial charge >= 0.3 is 0 Å². The van der Waals surface area contributed by atoms with E-state index in [1.165, 1.54) is 0 Å². The van der Waals surface area contributed by atoms with E-state index in [4.69, 9.17) is 0 Å². The highest BCUT2D eigenvalue weighted by molar-refractivity contribution is 5.78. The molecule has 1 rings (SSSR count). The Morgan fingerprint density at radius 2 is 2.00 bits per heavy atom. The van der Waals surface area contributed by atoms with Crippen molar-refractivity contribution in [3.8, 4) is 0 Å². The van der Waals surface area contributed by atoms with Crippen molar-refractivity contribution in [1.29, 1.82) is 0 Å². The monoisotopic (exact) mass is 242 g/mol. The summed E-state index contributed by atoms with van der Waals surface area (Å²) in [6.07, 6.45) is 4.15. The zero-order valence-electron chi connectivity index (χ0n) is 11.3. The fourth-order valence-corrected chi connectivity index (χ4v) is 2.00. The molecule has 0 aromatic heterocycles. The minimum absolute atomic E-state index is 0.0710. The molecule has 1 aliphatic rings. The summed E-state index contributed by atoms with van der Waals surface area (Å²) in [5.41, 5.74) is -0.0710. The van der Waals surface area contributed by atoms with E-state index in [2.05, 4.69) is 19.2 Å². The fourth-order valence-electron chi connectivity index (χ4n) is 2.00. The van der Waals surface area contributed by atoms with Gasteiger partial charge in [0, 0.05) is 31.7 Å². The van der Waals surface area contributed by atoms with E-state index >= 15 is 0 Å². The molecule has 1 amide bonds. The van der Waals surface area contributed by atoms with Crippen molar-refractivity contribution in [2.75, 3.05) is 26.7 Å². The Morgan fingerprint density at radius 3 is 2.41 bits per heavy atom. The van der Waals surface area contributed by atoms with Crippen LogP contribution in [-0.2, 0) is 4.79 Å². The molecule has 17 heavy (non-hydrogen) atoms. The van der Waals surface area contributed by atoms with E-state index in [0.717, 1.165) is 25.7 Å². The number of aliphatic hydroxyl groups is 1. The first-order chi connectivity index (χ1) is 8.08. The third kappa shape index (κ3) is 3.96. The van der Waals surface area contributed by atoms with Crippen molar-refractivity contribution in [2.24, 2.45) is 5.41 Å². The summed E-state index contributed by atoms with van der Waals surface area (Å²) in [5, 5.41) is 12.6. The second-order valence-electron chi connectivity index (χ2n) is 5.20. The maximum atomic E-state index is 11.8. The van der Waals surface area contributed by atoms with Crippen LogP contribution >= 0.6 is 0 Å². The van der Waals surface area contributed by atoms with Gasteiger partial charge in [0.25, 0.3) is 0 Å². The van der Waals surface area contributed by atoms with Gasteiger partial charge in [-0.2, -0.15) is 0 Å². The molecule has 0 saturated heterocycles. The van der Waals surface area contributed by atoms with Crippen LogP contribution in [0.3, 0.4) is 0 Å². The van der Waals surface area contributed by atoms with Gasteiger partial charge in [-0.1, -0.05) is 13.8 Å². The molecule has 4 nitrogen and oxygen atoms in total. The smallest absolute Gasteiger partial charge is 0.236 e. The molecule has 0 spiro atoms. The predicted octanol–water partition coefficient (Wildman–Crippen LogP) is 0.995. The minimum Gasteiger partial charge on any atom is -0.396 e. The molecule has 0 heterocycles. The topological polar surface area (TPSA) is 52.6 Å². The number of aliphatic hydroxyl groups excluding tert-OH is 1. The Hall–Kier alpha value is -0.610. The first-order valence-electron chi connectivity index (χ1n) is 6.65. The molecule has 0 unspecified atom stereocenters. The van der Waals surface area contributed by atoms with Crippen LogP contribution in [0.25, 0.3) is 0 Å². The zero-order chi connectivity index (χ0) is 12.9. The lowest BCUT2D eigenvalue weighted by Crippen LogP contribution is -2.42. The first-order valence-corrected chi connectivity index (χ1v) is 6.65. The Kier molecular flexibility index (Phi) is 5.40. The minimum atomic E-state index is -0.0710. The summed E-state index contributed by atoms with van der Waals surface area (Å²) >= 11 is 0. The molecule has 0 aromatic carbocycles. The van der Waals surface area contributed by atoms with E-state index < -0.39 is 0 Å². The number of hydrogen-bond acceptors (Lipinski definition) is 3. The summed E-state index contributed by atoms with van der Waals surface area (Å²) in [6.45, 7) is 5.44. The largest absolute Gasteiger partial charge is 0.396 e. The van der Waals surface area contributed by atoms with Gasteiger partial charge < -0.3 is 15.3 Å². The lowest BCUT2D eigenvalue weighted by Gasteiger charge is -2.30. The van der Waals surface area contributed by atoms with Crippen molar-refractivity contribution in [3.63, 3.8) is 0 Å². The van der Waals surface area contributed by atoms with Crippen molar-refractivity contribution in [3.05, 3.63) is 0 Å². The normalized spacial score (nSPS) is 16.0. The van der Waals surface area contributed by atoms with Crippen molar-refractivity contribution in [2.45, 2.75) is 45.6 Å². The number of likely N-dealkylation sites (N-methyl/N-ethyl adjacent to an activating group) is 1. The molecular weight excluding hydrogens is 216 g/mol. The fraction of sp³-hybridized carbons (Fsp3) is 0.923. The van der Waals surface area contributed by atoms with Crippen LogP contribution in [0.15, 0.2) is 0 Å². The van der Waals surface area contributed by atoms with Crippen LogP contribution in [0.5, 0.6) is 0 Å². The van der Waals surface area contributed by atoms with Crippen molar-refractivity contribution in [1.82, 2.24) is 10.2 Å². The number of hydrogen-bond donors (Lipinski definition) is 2. The molecule has 0 aromatic rings. The number of amides is 1. The van der Waals surface area contributed by atoms with Gasteiger partial charge in [0.15, 0.2) is 0 Å². The van der Waals surface area contributed by atoms with E-state index in [9.17, 15) is 9.90 Å². The van der Waals surface area contributed by atoms with E-state index in [-0.39, 0.29) is 17.9 Å². The Balaban J connectivity index is 2.27. The predicted molar refractivity (Wildman–Crippen MR) is 68.8 cm³/mol. The molecule has 0 bridgehead atoms. The highest BCUT2D eigenvalue weighted by Gasteiger charge is 2.30. The summed E-state index contributed by atoms with van der Waals surface area (Å²) in [6, 6.07) is 0.476. The Morgan fingerprint density at radius 1 is 1.41 bits per heavy atom. The maximum absolute atomic E-state index is 11.8. The third-order valence-electron chi connectivity index (χ3n) is 4.10. The van der Waals surface area contributed by atoms with Gasteiger partial charge in [0.05, 0.1) is 6.54 Å². The van der Waals surface area contributed by atoms with Gasteiger partial charge in [-0.3, -0.25) is 4.79 Å². The van der Waals surface area contributed by atoms with Crippen LogP contribution in [0.1, 0.15) is 39.5 Å². The average Bonchev–Trinajstić information content (AvgIpc) is 3.18. The molecule has 0 aliphatic heterocycles. The molecule has 100 valence electrons. The van der Waals surface area contributed by atoms with Crippen molar-refractivity contribution < 1.29 is 9.90 Å². The molecule has 1 saturated carbocycles. The van der Waals surface area contributed by atoms with Crippen LogP contribution in [0.2, 0.25) is 0 Å². The number of nitrogens with one attached hydrogen (secondary N) is 1. The van der Waals surface area contributed by atoms with Crippen LogP contribution in [-0.4, -0.2) is 48.7 Å². The van der Waals surface area contributed by atoms with Gasteiger partial charge in [0.1, 0.15) is 0 Å². The number of nitrogens with zero attached hydrogens (tertiary/aromatic N) is 1. The second kappa shape index (κ2) is 6.36. The lowest BCUT2D eigenvalue weighted by molar-refractivity contribution is -0.129. The summed E-state index contributed by atoms with van der Waals surface area (Å²) in [5.74, 6) is 0.159. The highest BCUT2D eigenvalue weighted by Crippen LogP contribution is 2.26. The quantitative estimate of drug-likeness (QED) is 0.667. The Labute approximate surface area is 104 Å². The Bertz CT molecular complexity index is 240. The van der Waals surface area contributed by atoms with Crippen LogP contribution in [0, 0.1) is 5.41 Å². The molecular formula is C13H26N2O2. The molecule has 2 N–H and O–H groups in total. The van der Waals surface area contributed by atoms with Gasteiger partial charge in [-0.05, 0) is 25.7 Å². The van der Waals surface area contributed by atoms with E-state index in [0.29, 0.717) is 19.1 Å². The number of carbonyl (C=O) groups excluding carboxylic acids is 1. The molecule has 4 heteroatoms. The SMILES string of the molecule is CCC(CC)(CO)CNCC(=O)N(C)C1CC1. The maximum Gasteiger partial charge on any atom is 0.236 e. The van der Waals surface area contributed by atoms with Gasteiger partial charge in [0.2, 0.25) is 5.91 Å². The number of rotatable bonds is 8. The highest BCUT2D eigenvalue weighted by atomic mass is 16.3. The second-order valence-corrected chi connectivity index (χ2v) is 5.20. The van der Waals surface area contributed by atoms with Crippen LogP contribution in [0.4, 0.5) is 0 Å². The summed E-state index contributed by atoms with van der Waals surface area (Å²) < 4.78 is 0.